The summed E-state index contributed by atoms with van der Waals surface area (Å²) in [7, 11) is -1.74. The van der Waals surface area contributed by atoms with E-state index in [-0.39, 0.29) is 0 Å². The number of pyridine rings is 1. The molecule has 0 aliphatic heterocycles. The summed E-state index contributed by atoms with van der Waals surface area (Å²) in [5.74, 6) is 0. The molecule has 0 aliphatic rings. The number of fused-ring (bicyclic) bond motifs is 1. The van der Waals surface area contributed by atoms with Crippen LogP contribution in [-0.4, -0.2) is 17.5 Å². The highest BCUT2D eigenvalue weighted by Crippen LogP contribution is 2.44. The highest BCUT2D eigenvalue weighted by molar-refractivity contribution is 6.82. The van der Waals surface area contributed by atoms with Crippen LogP contribution < -0.4 is 0 Å². The van der Waals surface area contributed by atoms with E-state index in [0.717, 1.165) is 11.2 Å². The van der Waals surface area contributed by atoms with E-state index in [0.29, 0.717) is 16.6 Å². The molecule has 0 saturated heterocycles. The number of nitrogens with zero attached hydrogens (tertiary/aromatic N) is 2. The third kappa shape index (κ3) is 2.85. The fourth-order valence-electron chi connectivity index (χ4n) is 4.96. The van der Waals surface area contributed by atoms with Crippen molar-refractivity contribution in [2.24, 2.45) is 0 Å². The first-order valence-corrected chi connectivity index (χ1v) is 11.6. The Labute approximate surface area is 153 Å². The number of hydrogen-bond acceptors (Lipinski definition) is 1. The van der Waals surface area contributed by atoms with Gasteiger partial charge in [-0.15, -0.1) is 0 Å². The van der Waals surface area contributed by atoms with Crippen molar-refractivity contribution in [3.63, 3.8) is 0 Å². The molecule has 0 fully saturated rings. The monoisotopic (exact) mass is 350 g/mol. The normalized spacial score (nSPS) is 12.7. The number of hydrogen-bond donors (Lipinski definition) is 0. The predicted octanol–water partition coefficient (Wildman–Crippen LogP) is 6.73. The minimum absolute atomic E-state index is 0.678. The average molecular weight is 351 g/mol. The van der Waals surface area contributed by atoms with Gasteiger partial charge < -0.3 is 4.23 Å². The maximum atomic E-state index is 4.96. The molecule has 0 atom stereocenters. The largest absolute Gasteiger partial charge is 0.372 e. The summed E-state index contributed by atoms with van der Waals surface area (Å²) in [6.45, 7) is 14.4. The molecule has 0 bridgehead atoms. The van der Waals surface area contributed by atoms with Crippen molar-refractivity contribution in [1.29, 1.82) is 0 Å². The molecular weight excluding hydrogens is 320 g/mol. The minimum Gasteiger partial charge on any atom is -0.372 e. The van der Waals surface area contributed by atoms with Crippen LogP contribution in [0.25, 0.3) is 22.3 Å². The van der Waals surface area contributed by atoms with Crippen molar-refractivity contribution in [1.82, 2.24) is 9.22 Å². The van der Waals surface area contributed by atoms with Gasteiger partial charge in [0.15, 0.2) is 8.24 Å². The Morgan fingerprint density at radius 1 is 0.760 bits per heavy atom. The fraction of sp³-hybridized carbons (Fsp3) is 0.409. The summed E-state index contributed by atoms with van der Waals surface area (Å²) in [4.78, 5) is 4.96. The number of rotatable bonds is 5. The zero-order chi connectivity index (χ0) is 18.2. The topological polar surface area (TPSA) is 17.8 Å². The van der Waals surface area contributed by atoms with Crippen LogP contribution >= 0.6 is 0 Å². The van der Waals surface area contributed by atoms with Gasteiger partial charge in [0.05, 0.1) is 16.7 Å². The van der Waals surface area contributed by atoms with E-state index < -0.39 is 8.24 Å². The van der Waals surface area contributed by atoms with Crippen LogP contribution in [0.5, 0.6) is 0 Å². The molecule has 0 saturated carbocycles. The van der Waals surface area contributed by atoms with E-state index in [1.807, 2.05) is 6.07 Å². The van der Waals surface area contributed by atoms with Gasteiger partial charge in [0.2, 0.25) is 0 Å². The first-order chi connectivity index (χ1) is 11.9. The second-order valence-corrected chi connectivity index (χ2v) is 13.7. The van der Waals surface area contributed by atoms with E-state index in [9.17, 15) is 0 Å². The third-order valence-electron chi connectivity index (χ3n) is 5.80. The second-order valence-electron chi connectivity index (χ2n) is 8.00. The number of aromatic nitrogens is 2. The summed E-state index contributed by atoms with van der Waals surface area (Å²) >= 11 is 0. The quantitative estimate of drug-likeness (QED) is 0.467. The van der Waals surface area contributed by atoms with Crippen LogP contribution in [0.2, 0.25) is 16.6 Å². The smallest absolute Gasteiger partial charge is 0.169 e. The lowest BCUT2D eigenvalue weighted by Crippen LogP contribution is -2.51. The zero-order valence-corrected chi connectivity index (χ0v) is 17.3. The first-order valence-electron chi connectivity index (χ1n) is 9.43. The van der Waals surface area contributed by atoms with Crippen molar-refractivity contribution in [2.75, 3.05) is 0 Å². The van der Waals surface area contributed by atoms with Crippen LogP contribution in [0, 0.1) is 0 Å². The van der Waals surface area contributed by atoms with Crippen molar-refractivity contribution in [2.45, 2.75) is 58.2 Å². The lowest BCUT2D eigenvalue weighted by Gasteiger charge is -2.44. The van der Waals surface area contributed by atoms with Gasteiger partial charge >= 0.3 is 0 Å². The molecule has 25 heavy (non-hydrogen) atoms. The van der Waals surface area contributed by atoms with Crippen molar-refractivity contribution in [3.8, 4) is 11.3 Å². The van der Waals surface area contributed by atoms with E-state index in [1.165, 1.54) is 11.1 Å². The van der Waals surface area contributed by atoms with Crippen LogP contribution in [0.15, 0.2) is 54.7 Å². The molecule has 0 unspecified atom stereocenters. The summed E-state index contributed by atoms with van der Waals surface area (Å²) in [5, 5.41) is 0. The van der Waals surface area contributed by atoms with E-state index in [1.54, 1.807) is 0 Å². The Bertz CT molecular complexity index is 825. The minimum atomic E-state index is -1.74. The number of benzene rings is 1. The Morgan fingerprint density at radius 3 is 1.92 bits per heavy atom. The van der Waals surface area contributed by atoms with Gasteiger partial charge in [-0.1, -0.05) is 71.9 Å². The van der Waals surface area contributed by atoms with Gasteiger partial charge in [-0.3, -0.25) is 0 Å². The Balaban J connectivity index is 2.18. The summed E-state index contributed by atoms with van der Waals surface area (Å²) in [6.07, 6.45) is 2.30. The molecule has 0 radical (unpaired) electrons. The van der Waals surface area contributed by atoms with E-state index >= 15 is 0 Å². The Hall–Kier alpha value is -1.87. The maximum absolute atomic E-state index is 4.96. The second kappa shape index (κ2) is 6.79. The molecule has 3 heteroatoms. The van der Waals surface area contributed by atoms with Crippen LogP contribution in [0.1, 0.15) is 41.5 Å². The van der Waals surface area contributed by atoms with Crippen LogP contribution in [-0.2, 0) is 0 Å². The van der Waals surface area contributed by atoms with Crippen molar-refractivity contribution >= 4 is 19.3 Å². The predicted molar refractivity (Wildman–Crippen MR) is 112 cm³/mol. The molecule has 3 rings (SSSR count). The fourth-order valence-corrected chi connectivity index (χ4v) is 11.6. The lowest BCUT2D eigenvalue weighted by atomic mass is 10.1. The SMILES string of the molecule is CC(C)[Si](C(C)C)(C(C)C)n1ccc2nc(-c3ccccc3)ccc21. The van der Waals surface area contributed by atoms with E-state index in [4.69, 9.17) is 4.98 Å². The molecule has 3 aromatic rings. The molecule has 0 spiro atoms. The molecule has 132 valence electrons. The summed E-state index contributed by atoms with van der Waals surface area (Å²) in [5.41, 5.74) is 6.67. The van der Waals surface area contributed by atoms with Crippen LogP contribution in [0.3, 0.4) is 0 Å². The van der Waals surface area contributed by atoms with Gasteiger partial charge in [0, 0.05) is 5.56 Å². The summed E-state index contributed by atoms with van der Waals surface area (Å²) < 4.78 is 2.63. The lowest BCUT2D eigenvalue weighted by molar-refractivity contribution is 0.773. The molecule has 2 aromatic heterocycles. The molecule has 0 N–H and O–H groups in total. The van der Waals surface area contributed by atoms with Crippen molar-refractivity contribution in [3.05, 3.63) is 54.7 Å². The maximum Gasteiger partial charge on any atom is 0.169 e. The molecule has 1 aromatic carbocycles. The highest BCUT2D eigenvalue weighted by atomic mass is 28.3. The van der Waals surface area contributed by atoms with Crippen LogP contribution in [0.4, 0.5) is 0 Å². The molecule has 2 nitrogen and oxygen atoms in total. The average Bonchev–Trinajstić information content (AvgIpc) is 2.99. The standard InChI is InChI=1S/C22H30N2Si/c1-16(2)25(17(3)4,18(5)6)24-15-14-21-22(24)13-12-20(23-21)19-10-8-7-9-11-19/h7-18H,1-6H3. The molecule has 0 aliphatic carbocycles. The van der Waals surface area contributed by atoms with E-state index in [2.05, 4.69) is 94.4 Å². The summed E-state index contributed by atoms with van der Waals surface area (Å²) in [6, 6.07) is 17.1. The van der Waals surface area contributed by atoms with Gasteiger partial charge in [-0.25, -0.2) is 4.98 Å². The molecule has 0 amide bonds. The zero-order valence-electron chi connectivity index (χ0n) is 16.3. The van der Waals surface area contributed by atoms with Gasteiger partial charge in [0.25, 0.3) is 0 Å². The first kappa shape index (κ1) is 17.9. The highest BCUT2D eigenvalue weighted by Gasteiger charge is 2.45. The third-order valence-corrected chi connectivity index (χ3v) is 12.6. The van der Waals surface area contributed by atoms with Crippen molar-refractivity contribution < 1.29 is 0 Å². The Kier molecular flexibility index (Phi) is 4.87. The van der Waals surface area contributed by atoms with Gasteiger partial charge in [-0.05, 0) is 41.0 Å². The van der Waals surface area contributed by atoms with Gasteiger partial charge in [0.1, 0.15) is 0 Å². The Morgan fingerprint density at radius 2 is 1.36 bits per heavy atom. The molecular formula is C22H30N2Si. The molecule has 2 heterocycles. The van der Waals surface area contributed by atoms with Gasteiger partial charge in [-0.2, -0.15) is 0 Å².